The van der Waals surface area contributed by atoms with E-state index in [9.17, 15) is 0 Å². The molecule has 0 aliphatic rings. The summed E-state index contributed by atoms with van der Waals surface area (Å²) in [7, 11) is 0. The summed E-state index contributed by atoms with van der Waals surface area (Å²) < 4.78 is 2.33. The fourth-order valence-corrected chi connectivity index (χ4v) is 3.55. The molecule has 102 valence electrons. The van der Waals surface area contributed by atoms with Gasteiger partial charge in [0.2, 0.25) is 0 Å². The number of para-hydroxylation sites is 1. The third-order valence-electron chi connectivity index (χ3n) is 3.19. The van der Waals surface area contributed by atoms with Gasteiger partial charge in [-0.05, 0) is 36.2 Å². The second-order valence-electron chi connectivity index (χ2n) is 4.87. The van der Waals surface area contributed by atoms with Gasteiger partial charge in [0.15, 0.2) is 0 Å². The van der Waals surface area contributed by atoms with E-state index in [0.717, 1.165) is 27.8 Å². The van der Waals surface area contributed by atoms with Crippen LogP contribution in [-0.4, -0.2) is 11.0 Å². The van der Waals surface area contributed by atoms with Gasteiger partial charge in [0.25, 0.3) is 0 Å². The van der Waals surface area contributed by atoms with Gasteiger partial charge in [-0.2, -0.15) is 0 Å². The summed E-state index contributed by atoms with van der Waals surface area (Å²) in [5.41, 5.74) is 8.59. The Labute approximate surface area is 130 Å². The molecule has 1 heterocycles. The smallest absolute Gasteiger partial charge is 0.0954 e. The number of rotatable bonds is 4. The molecule has 2 aromatic carbocycles. The molecule has 0 bridgehead atoms. The first-order valence-corrected chi connectivity index (χ1v) is 8.16. The Morgan fingerprint density at radius 1 is 1.05 bits per heavy atom. The van der Waals surface area contributed by atoms with Crippen LogP contribution >= 0.6 is 27.3 Å². The first-order chi connectivity index (χ1) is 9.70. The van der Waals surface area contributed by atoms with Gasteiger partial charge in [-0.15, -0.1) is 11.3 Å². The number of benzene rings is 2. The molecule has 0 radical (unpaired) electrons. The summed E-state index contributed by atoms with van der Waals surface area (Å²) in [6.45, 7) is 0. The van der Waals surface area contributed by atoms with E-state index >= 15 is 0 Å². The molecule has 1 atom stereocenters. The molecule has 1 aromatic heterocycles. The molecule has 0 saturated carbocycles. The van der Waals surface area contributed by atoms with E-state index in [-0.39, 0.29) is 6.04 Å². The van der Waals surface area contributed by atoms with Crippen molar-refractivity contribution in [1.29, 1.82) is 0 Å². The van der Waals surface area contributed by atoms with Crippen molar-refractivity contribution < 1.29 is 0 Å². The van der Waals surface area contributed by atoms with Crippen molar-refractivity contribution in [1.82, 2.24) is 4.98 Å². The zero-order chi connectivity index (χ0) is 13.9. The Balaban J connectivity index is 1.69. The first kappa shape index (κ1) is 13.7. The van der Waals surface area contributed by atoms with Crippen LogP contribution in [0, 0.1) is 0 Å². The lowest BCUT2D eigenvalue weighted by atomic mass is 10.0. The maximum Gasteiger partial charge on any atom is 0.0954 e. The predicted octanol–water partition coefficient (Wildman–Crippen LogP) is 4.17. The van der Waals surface area contributed by atoms with E-state index in [1.165, 1.54) is 10.3 Å². The average Bonchev–Trinajstić information content (AvgIpc) is 2.83. The first-order valence-electron chi connectivity index (χ1n) is 6.55. The molecular weight excluding hydrogens is 332 g/mol. The molecule has 0 fully saturated rings. The quantitative estimate of drug-likeness (QED) is 0.769. The van der Waals surface area contributed by atoms with Crippen molar-refractivity contribution in [2.75, 3.05) is 0 Å². The molecule has 0 saturated heterocycles. The second kappa shape index (κ2) is 6.04. The SMILES string of the molecule is NC(Cc1ccc(Br)cc1)Cc1nc2ccccc2s1. The van der Waals surface area contributed by atoms with Gasteiger partial charge in [-0.25, -0.2) is 4.98 Å². The van der Waals surface area contributed by atoms with Crippen LogP contribution in [0.1, 0.15) is 10.6 Å². The standard InChI is InChI=1S/C16H15BrN2S/c17-12-7-5-11(6-8-12)9-13(18)10-16-19-14-3-1-2-4-15(14)20-16/h1-8,13H,9-10,18H2. The van der Waals surface area contributed by atoms with Crippen molar-refractivity contribution >= 4 is 37.5 Å². The number of nitrogens with two attached hydrogens (primary N) is 1. The van der Waals surface area contributed by atoms with E-state index < -0.39 is 0 Å². The van der Waals surface area contributed by atoms with E-state index in [1.54, 1.807) is 11.3 Å². The fourth-order valence-electron chi connectivity index (χ4n) is 2.23. The number of halogens is 1. The van der Waals surface area contributed by atoms with Gasteiger partial charge in [-0.1, -0.05) is 40.2 Å². The Kier molecular flexibility index (Phi) is 4.15. The van der Waals surface area contributed by atoms with Crippen LogP contribution < -0.4 is 5.73 Å². The van der Waals surface area contributed by atoms with Gasteiger partial charge in [0.05, 0.1) is 15.2 Å². The van der Waals surface area contributed by atoms with Gasteiger partial charge in [-0.3, -0.25) is 0 Å². The molecule has 0 aliphatic heterocycles. The van der Waals surface area contributed by atoms with Crippen molar-refractivity contribution in [2.45, 2.75) is 18.9 Å². The molecule has 0 spiro atoms. The second-order valence-corrected chi connectivity index (χ2v) is 6.90. The molecule has 3 rings (SSSR count). The van der Waals surface area contributed by atoms with Crippen LogP contribution in [-0.2, 0) is 12.8 Å². The lowest BCUT2D eigenvalue weighted by molar-refractivity contribution is 0.663. The summed E-state index contributed by atoms with van der Waals surface area (Å²) in [5, 5.41) is 1.12. The highest BCUT2D eigenvalue weighted by Crippen LogP contribution is 2.22. The van der Waals surface area contributed by atoms with Crippen LogP contribution in [0.2, 0.25) is 0 Å². The van der Waals surface area contributed by atoms with E-state index in [2.05, 4.69) is 57.3 Å². The van der Waals surface area contributed by atoms with E-state index in [4.69, 9.17) is 5.73 Å². The predicted molar refractivity (Wildman–Crippen MR) is 89.1 cm³/mol. The van der Waals surface area contributed by atoms with Crippen molar-refractivity contribution in [3.05, 3.63) is 63.6 Å². The fraction of sp³-hybridized carbons (Fsp3) is 0.188. The molecule has 0 aliphatic carbocycles. The Morgan fingerprint density at radius 2 is 1.80 bits per heavy atom. The normalized spacial score (nSPS) is 12.7. The molecule has 3 aromatic rings. The minimum Gasteiger partial charge on any atom is -0.327 e. The number of aromatic nitrogens is 1. The van der Waals surface area contributed by atoms with Crippen LogP contribution in [0.15, 0.2) is 53.0 Å². The maximum absolute atomic E-state index is 6.25. The van der Waals surface area contributed by atoms with Crippen molar-refractivity contribution in [2.24, 2.45) is 5.73 Å². The molecule has 1 unspecified atom stereocenters. The number of nitrogens with zero attached hydrogens (tertiary/aromatic N) is 1. The lowest BCUT2D eigenvalue weighted by Crippen LogP contribution is -2.25. The Morgan fingerprint density at radius 3 is 2.55 bits per heavy atom. The number of hydrogen-bond donors (Lipinski definition) is 1. The summed E-state index contributed by atoms with van der Waals surface area (Å²) in [5.74, 6) is 0. The van der Waals surface area contributed by atoms with Crippen LogP contribution in [0.25, 0.3) is 10.2 Å². The minimum absolute atomic E-state index is 0.108. The van der Waals surface area contributed by atoms with Crippen LogP contribution in [0.3, 0.4) is 0 Å². The van der Waals surface area contributed by atoms with Crippen molar-refractivity contribution in [3.8, 4) is 0 Å². The third kappa shape index (κ3) is 3.26. The third-order valence-corrected chi connectivity index (χ3v) is 4.77. The number of hydrogen-bond acceptors (Lipinski definition) is 3. The van der Waals surface area contributed by atoms with Crippen LogP contribution in [0.4, 0.5) is 0 Å². The largest absolute Gasteiger partial charge is 0.327 e. The lowest BCUT2D eigenvalue weighted by Gasteiger charge is -2.09. The van der Waals surface area contributed by atoms with Crippen molar-refractivity contribution in [3.63, 3.8) is 0 Å². The molecule has 20 heavy (non-hydrogen) atoms. The van der Waals surface area contributed by atoms with E-state index in [1.807, 2.05) is 12.1 Å². The van der Waals surface area contributed by atoms with Crippen LogP contribution in [0.5, 0.6) is 0 Å². The summed E-state index contributed by atoms with van der Waals surface area (Å²) in [4.78, 5) is 4.64. The highest BCUT2D eigenvalue weighted by Gasteiger charge is 2.09. The van der Waals surface area contributed by atoms with Gasteiger partial charge in [0.1, 0.15) is 0 Å². The zero-order valence-electron chi connectivity index (χ0n) is 10.9. The Hall–Kier alpha value is -1.23. The average molecular weight is 347 g/mol. The number of fused-ring (bicyclic) bond motifs is 1. The maximum atomic E-state index is 6.25. The zero-order valence-corrected chi connectivity index (χ0v) is 13.3. The summed E-state index contributed by atoms with van der Waals surface area (Å²) in [6.07, 6.45) is 1.71. The molecular formula is C16H15BrN2S. The van der Waals surface area contributed by atoms with Gasteiger partial charge < -0.3 is 5.73 Å². The molecule has 4 heteroatoms. The highest BCUT2D eigenvalue weighted by molar-refractivity contribution is 9.10. The summed E-state index contributed by atoms with van der Waals surface area (Å²) in [6, 6.07) is 16.7. The number of thiazole rings is 1. The summed E-state index contributed by atoms with van der Waals surface area (Å²) >= 11 is 5.19. The minimum atomic E-state index is 0.108. The molecule has 0 amide bonds. The highest BCUT2D eigenvalue weighted by atomic mass is 79.9. The van der Waals surface area contributed by atoms with Gasteiger partial charge in [0, 0.05) is 16.9 Å². The van der Waals surface area contributed by atoms with E-state index in [0.29, 0.717) is 0 Å². The molecule has 2 nitrogen and oxygen atoms in total. The Bertz CT molecular complexity index is 673. The molecule has 2 N–H and O–H groups in total. The van der Waals surface area contributed by atoms with Gasteiger partial charge >= 0.3 is 0 Å². The monoisotopic (exact) mass is 346 g/mol. The topological polar surface area (TPSA) is 38.9 Å².